The van der Waals surface area contributed by atoms with Crippen LogP contribution in [0.2, 0.25) is 0 Å². The molecule has 0 spiro atoms. The highest BCUT2D eigenvalue weighted by molar-refractivity contribution is 4.75. The fourth-order valence-corrected chi connectivity index (χ4v) is 2.30. The Hall–Kier alpha value is -0.0400. The third-order valence-corrected chi connectivity index (χ3v) is 3.15. The highest BCUT2D eigenvalue weighted by Crippen LogP contribution is 2.19. The monoisotopic (exact) mass is 183 g/mol. The lowest BCUT2D eigenvalue weighted by Gasteiger charge is -2.16. The van der Waals surface area contributed by atoms with E-state index in [0.717, 1.165) is 12.0 Å². The van der Waals surface area contributed by atoms with Crippen molar-refractivity contribution in [3.05, 3.63) is 0 Å². The van der Waals surface area contributed by atoms with E-state index in [1.165, 1.54) is 51.5 Å². The molecule has 0 bridgehead atoms. The molecular formula is C12H25N. The first-order valence-corrected chi connectivity index (χ1v) is 6.06. The fourth-order valence-electron chi connectivity index (χ4n) is 2.30. The van der Waals surface area contributed by atoms with Crippen molar-refractivity contribution in [3.63, 3.8) is 0 Å². The molecule has 0 amide bonds. The highest BCUT2D eigenvalue weighted by atomic mass is 14.9. The lowest BCUT2D eigenvalue weighted by Crippen LogP contribution is -2.23. The molecule has 2 unspecified atom stereocenters. The SMILES string of the molecule is CCCCCC(C)CC1CCCN1. The topological polar surface area (TPSA) is 12.0 Å². The third-order valence-electron chi connectivity index (χ3n) is 3.15. The predicted molar refractivity (Wildman–Crippen MR) is 58.9 cm³/mol. The van der Waals surface area contributed by atoms with Gasteiger partial charge in [0.15, 0.2) is 0 Å². The summed E-state index contributed by atoms with van der Waals surface area (Å²) in [6, 6.07) is 0.844. The van der Waals surface area contributed by atoms with Crippen molar-refractivity contribution in [1.29, 1.82) is 0 Å². The number of nitrogens with one attached hydrogen (secondary N) is 1. The van der Waals surface area contributed by atoms with E-state index in [-0.39, 0.29) is 0 Å². The highest BCUT2D eigenvalue weighted by Gasteiger charge is 2.16. The van der Waals surface area contributed by atoms with E-state index in [1.54, 1.807) is 0 Å². The van der Waals surface area contributed by atoms with Crippen molar-refractivity contribution < 1.29 is 0 Å². The van der Waals surface area contributed by atoms with E-state index in [2.05, 4.69) is 19.2 Å². The standard InChI is InChI=1S/C12H25N/c1-3-4-5-7-11(2)10-12-8-6-9-13-12/h11-13H,3-10H2,1-2H3. The van der Waals surface area contributed by atoms with Gasteiger partial charge in [0.25, 0.3) is 0 Å². The first-order valence-electron chi connectivity index (χ1n) is 6.06. The van der Waals surface area contributed by atoms with Gasteiger partial charge in [0.05, 0.1) is 0 Å². The molecule has 1 heteroatoms. The van der Waals surface area contributed by atoms with E-state index in [0.29, 0.717) is 0 Å². The van der Waals surface area contributed by atoms with Gasteiger partial charge < -0.3 is 5.32 Å². The molecule has 2 atom stereocenters. The van der Waals surface area contributed by atoms with E-state index >= 15 is 0 Å². The second-order valence-corrected chi connectivity index (χ2v) is 4.63. The normalized spacial score (nSPS) is 24.9. The quantitative estimate of drug-likeness (QED) is 0.623. The minimum atomic E-state index is 0.844. The van der Waals surface area contributed by atoms with Crippen LogP contribution in [0.4, 0.5) is 0 Å². The van der Waals surface area contributed by atoms with Crippen LogP contribution < -0.4 is 5.32 Å². The second-order valence-electron chi connectivity index (χ2n) is 4.63. The van der Waals surface area contributed by atoms with Crippen molar-refractivity contribution in [2.45, 2.75) is 64.8 Å². The number of hydrogen-bond acceptors (Lipinski definition) is 1. The van der Waals surface area contributed by atoms with Crippen molar-refractivity contribution in [1.82, 2.24) is 5.32 Å². The molecule has 0 aromatic carbocycles. The Labute approximate surface area is 83.3 Å². The summed E-state index contributed by atoms with van der Waals surface area (Å²) in [6.07, 6.45) is 9.86. The van der Waals surface area contributed by atoms with Gasteiger partial charge in [-0.2, -0.15) is 0 Å². The Balaban J connectivity index is 1.99. The first kappa shape index (κ1) is 11.0. The lowest BCUT2D eigenvalue weighted by molar-refractivity contribution is 0.402. The zero-order chi connectivity index (χ0) is 9.52. The molecule has 0 aromatic heterocycles. The van der Waals surface area contributed by atoms with E-state index in [9.17, 15) is 0 Å². The van der Waals surface area contributed by atoms with Gasteiger partial charge in [-0.15, -0.1) is 0 Å². The average Bonchev–Trinajstić information content (AvgIpc) is 2.57. The molecule has 1 aliphatic rings. The van der Waals surface area contributed by atoms with Crippen LogP contribution in [0.5, 0.6) is 0 Å². The summed E-state index contributed by atoms with van der Waals surface area (Å²) in [4.78, 5) is 0. The van der Waals surface area contributed by atoms with Crippen LogP contribution in [0, 0.1) is 5.92 Å². The molecule has 1 saturated heterocycles. The summed E-state index contributed by atoms with van der Waals surface area (Å²) in [5.74, 6) is 0.933. The largest absolute Gasteiger partial charge is 0.314 e. The van der Waals surface area contributed by atoms with Crippen molar-refractivity contribution in [2.24, 2.45) is 5.92 Å². The van der Waals surface area contributed by atoms with Crippen LogP contribution in [0.1, 0.15) is 58.8 Å². The van der Waals surface area contributed by atoms with Crippen LogP contribution in [0.15, 0.2) is 0 Å². The van der Waals surface area contributed by atoms with Gasteiger partial charge in [-0.1, -0.05) is 39.5 Å². The van der Waals surface area contributed by atoms with Gasteiger partial charge in [-0.3, -0.25) is 0 Å². The Bertz CT molecular complexity index is 116. The van der Waals surface area contributed by atoms with Gasteiger partial charge >= 0.3 is 0 Å². The third kappa shape index (κ3) is 4.66. The minimum absolute atomic E-state index is 0.844. The maximum absolute atomic E-state index is 3.58. The van der Waals surface area contributed by atoms with Crippen molar-refractivity contribution in [3.8, 4) is 0 Å². The molecule has 1 fully saturated rings. The molecule has 1 N–H and O–H groups in total. The van der Waals surface area contributed by atoms with Crippen LogP contribution >= 0.6 is 0 Å². The molecule has 13 heavy (non-hydrogen) atoms. The maximum atomic E-state index is 3.58. The van der Waals surface area contributed by atoms with Crippen LogP contribution in [0.25, 0.3) is 0 Å². The molecule has 0 radical (unpaired) electrons. The van der Waals surface area contributed by atoms with Gasteiger partial charge in [-0.25, -0.2) is 0 Å². The maximum Gasteiger partial charge on any atom is 0.00700 e. The number of rotatable bonds is 6. The Morgan fingerprint density at radius 3 is 2.85 bits per heavy atom. The van der Waals surface area contributed by atoms with Crippen molar-refractivity contribution in [2.75, 3.05) is 6.54 Å². The van der Waals surface area contributed by atoms with Gasteiger partial charge in [0.1, 0.15) is 0 Å². The zero-order valence-corrected chi connectivity index (χ0v) is 9.31. The first-order chi connectivity index (χ1) is 6.33. The molecule has 1 nitrogen and oxygen atoms in total. The molecule has 78 valence electrons. The van der Waals surface area contributed by atoms with E-state index in [4.69, 9.17) is 0 Å². The van der Waals surface area contributed by atoms with Crippen LogP contribution in [-0.4, -0.2) is 12.6 Å². The summed E-state index contributed by atoms with van der Waals surface area (Å²) >= 11 is 0. The fraction of sp³-hybridized carbons (Fsp3) is 1.00. The van der Waals surface area contributed by atoms with Crippen molar-refractivity contribution >= 4 is 0 Å². The van der Waals surface area contributed by atoms with Gasteiger partial charge in [-0.05, 0) is 31.7 Å². The second kappa shape index (κ2) is 6.42. The smallest absolute Gasteiger partial charge is 0.00700 e. The lowest BCUT2D eigenvalue weighted by atomic mass is 9.95. The molecular weight excluding hydrogens is 158 g/mol. The van der Waals surface area contributed by atoms with Gasteiger partial charge in [0.2, 0.25) is 0 Å². The van der Waals surface area contributed by atoms with Crippen LogP contribution in [-0.2, 0) is 0 Å². The number of unbranched alkanes of at least 4 members (excludes halogenated alkanes) is 2. The molecule has 0 aromatic rings. The zero-order valence-electron chi connectivity index (χ0n) is 9.31. The molecule has 1 heterocycles. The average molecular weight is 183 g/mol. The molecule has 1 aliphatic heterocycles. The summed E-state index contributed by atoms with van der Waals surface area (Å²) in [6.45, 7) is 5.95. The summed E-state index contributed by atoms with van der Waals surface area (Å²) in [7, 11) is 0. The molecule has 0 aliphatic carbocycles. The summed E-state index contributed by atoms with van der Waals surface area (Å²) in [5.41, 5.74) is 0. The minimum Gasteiger partial charge on any atom is -0.314 e. The van der Waals surface area contributed by atoms with Crippen LogP contribution in [0.3, 0.4) is 0 Å². The summed E-state index contributed by atoms with van der Waals surface area (Å²) < 4.78 is 0. The Kier molecular flexibility index (Phi) is 5.45. The van der Waals surface area contributed by atoms with E-state index in [1.807, 2.05) is 0 Å². The summed E-state index contributed by atoms with van der Waals surface area (Å²) in [5, 5.41) is 3.58. The predicted octanol–water partition coefficient (Wildman–Crippen LogP) is 3.34. The Morgan fingerprint density at radius 2 is 2.23 bits per heavy atom. The van der Waals surface area contributed by atoms with Gasteiger partial charge in [0, 0.05) is 6.04 Å². The number of hydrogen-bond donors (Lipinski definition) is 1. The van der Waals surface area contributed by atoms with E-state index < -0.39 is 0 Å². The molecule has 0 saturated carbocycles. The molecule has 1 rings (SSSR count). The Morgan fingerprint density at radius 1 is 1.38 bits per heavy atom.